The van der Waals surface area contributed by atoms with E-state index < -0.39 is 0 Å². The van der Waals surface area contributed by atoms with E-state index in [9.17, 15) is 4.79 Å². The highest BCUT2D eigenvalue weighted by Gasteiger charge is 2.18. The van der Waals surface area contributed by atoms with E-state index in [2.05, 4.69) is 27.1 Å². The summed E-state index contributed by atoms with van der Waals surface area (Å²) in [7, 11) is 0. The zero-order valence-electron chi connectivity index (χ0n) is 16.4. The number of benzene rings is 1. The van der Waals surface area contributed by atoms with E-state index in [1.54, 1.807) is 24.8 Å². The summed E-state index contributed by atoms with van der Waals surface area (Å²) in [6.07, 6.45) is 15.7. The van der Waals surface area contributed by atoms with Crippen LogP contribution in [0.1, 0.15) is 17.5 Å². The molecule has 1 amide bonds. The molecule has 4 heterocycles. The maximum Gasteiger partial charge on any atom is 0.246 e. The maximum atomic E-state index is 12.6. The third-order valence-corrected chi connectivity index (χ3v) is 5.43. The first kappa shape index (κ1) is 18.1. The van der Waals surface area contributed by atoms with Crippen molar-refractivity contribution in [1.29, 1.82) is 0 Å². The van der Waals surface area contributed by atoms with E-state index in [1.807, 2.05) is 58.3 Å². The smallest absolute Gasteiger partial charge is 0.246 e. The van der Waals surface area contributed by atoms with E-state index in [-0.39, 0.29) is 5.91 Å². The van der Waals surface area contributed by atoms with Gasteiger partial charge in [0.25, 0.3) is 0 Å². The Morgan fingerprint density at radius 1 is 1.13 bits per heavy atom. The van der Waals surface area contributed by atoms with Crippen molar-refractivity contribution < 1.29 is 4.79 Å². The highest BCUT2D eigenvalue weighted by molar-refractivity contribution is 5.94. The molecule has 0 spiro atoms. The van der Waals surface area contributed by atoms with E-state index in [0.29, 0.717) is 13.1 Å². The lowest BCUT2D eigenvalue weighted by atomic mass is 9.99. The Bertz CT molecular complexity index is 1230. The monoisotopic (exact) mass is 395 g/mol. The van der Waals surface area contributed by atoms with Gasteiger partial charge in [0.15, 0.2) is 0 Å². The minimum absolute atomic E-state index is 0.0320. The second kappa shape index (κ2) is 7.83. The van der Waals surface area contributed by atoms with Gasteiger partial charge in [-0.3, -0.25) is 4.79 Å². The minimum atomic E-state index is 0.0320. The summed E-state index contributed by atoms with van der Waals surface area (Å²) in [5, 5.41) is 1.13. The SMILES string of the molecule is O=C(/C=C/c1ccc(-n2ccnc2)cc1)N1CC=C(c2c[nH]c3ncccc23)CC1. The summed E-state index contributed by atoms with van der Waals surface area (Å²) in [5.41, 5.74) is 5.37. The largest absolute Gasteiger partial charge is 0.346 e. The lowest BCUT2D eigenvalue weighted by Gasteiger charge is -2.25. The Labute approximate surface area is 174 Å². The summed E-state index contributed by atoms with van der Waals surface area (Å²) in [4.78, 5) is 26.1. The molecule has 0 saturated carbocycles. The molecule has 4 aromatic rings. The van der Waals surface area contributed by atoms with Gasteiger partial charge in [0.1, 0.15) is 5.65 Å². The average molecular weight is 395 g/mol. The Kier molecular flexibility index (Phi) is 4.73. The molecule has 30 heavy (non-hydrogen) atoms. The average Bonchev–Trinajstić information content (AvgIpc) is 3.48. The van der Waals surface area contributed by atoms with Crippen molar-refractivity contribution in [3.63, 3.8) is 0 Å². The summed E-state index contributed by atoms with van der Waals surface area (Å²) < 4.78 is 1.94. The van der Waals surface area contributed by atoms with Crippen LogP contribution in [0.4, 0.5) is 0 Å². The van der Waals surface area contributed by atoms with Gasteiger partial charge in [0.05, 0.1) is 6.33 Å². The van der Waals surface area contributed by atoms with Gasteiger partial charge >= 0.3 is 0 Å². The van der Waals surface area contributed by atoms with Crippen LogP contribution in [-0.2, 0) is 4.79 Å². The van der Waals surface area contributed by atoms with Gasteiger partial charge in [0, 0.05) is 60.6 Å². The van der Waals surface area contributed by atoms with Crippen LogP contribution in [0.25, 0.3) is 28.4 Å². The Hall–Kier alpha value is -3.93. The summed E-state index contributed by atoms with van der Waals surface area (Å²) in [6, 6.07) is 12.0. The number of rotatable bonds is 4. The number of fused-ring (bicyclic) bond motifs is 1. The highest BCUT2D eigenvalue weighted by Crippen LogP contribution is 2.28. The summed E-state index contributed by atoms with van der Waals surface area (Å²) in [5.74, 6) is 0.0320. The molecule has 0 bridgehead atoms. The highest BCUT2D eigenvalue weighted by atomic mass is 16.2. The van der Waals surface area contributed by atoms with Crippen molar-refractivity contribution in [2.75, 3.05) is 13.1 Å². The molecule has 5 rings (SSSR count). The molecule has 0 fully saturated rings. The van der Waals surface area contributed by atoms with E-state index in [0.717, 1.165) is 28.7 Å². The van der Waals surface area contributed by atoms with Crippen molar-refractivity contribution >= 4 is 28.6 Å². The number of nitrogens with one attached hydrogen (secondary N) is 1. The fourth-order valence-corrected chi connectivity index (χ4v) is 3.78. The topological polar surface area (TPSA) is 66.8 Å². The van der Waals surface area contributed by atoms with E-state index >= 15 is 0 Å². The first-order valence-electron chi connectivity index (χ1n) is 9.95. The van der Waals surface area contributed by atoms with Crippen LogP contribution >= 0.6 is 0 Å². The molecule has 0 radical (unpaired) electrons. The molecule has 6 heteroatoms. The van der Waals surface area contributed by atoms with Gasteiger partial charge in [-0.15, -0.1) is 0 Å². The maximum absolute atomic E-state index is 12.6. The summed E-state index contributed by atoms with van der Waals surface area (Å²) in [6.45, 7) is 1.33. The number of carbonyl (C=O) groups is 1. The molecule has 6 nitrogen and oxygen atoms in total. The Balaban J connectivity index is 1.24. The third-order valence-electron chi connectivity index (χ3n) is 5.43. The number of nitrogens with zero attached hydrogens (tertiary/aromatic N) is 4. The number of hydrogen-bond acceptors (Lipinski definition) is 3. The van der Waals surface area contributed by atoms with Crippen molar-refractivity contribution in [2.45, 2.75) is 6.42 Å². The molecular weight excluding hydrogens is 374 g/mol. The molecule has 1 N–H and O–H groups in total. The predicted molar refractivity (Wildman–Crippen MR) is 118 cm³/mol. The number of aromatic amines is 1. The first-order valence-corrected chi connectivity index (χ1v) is 9.95. The van der Waals surface area contributed by atoms with Crippen LogP contribution in [0.15, 0.2) is 79.7 Å². The number of H-pyrrole nitrogens is 1. The number of hydrogen-bond donors (Lipinski definition) is 1. The van der Waals surface area contributed by atoms with Crippen LogP contribution in [0.2, 0.25) is 0 Å². The van der Waals surface area contributed by atoms with Gasteiger partial charge in [-0.25, -0.2) is 9.97 Å². The van der Waals surface area contributed by atoms with Gasteiger partial charge in [-0.05, 0) is 47.9 Å². The van der Waals surface area contributed by atoms with Crippen molar-refractivity contribution in [2.24, 2.45) is 0 Å². The third kappa shape index (κ3) is 3.55. The van der Waals surface area contributed by atoms with Gasteiger partial charge < -0.3 is 14.5 Å². The number of aromatic nitrogens is 4. The lowest BCUT2D eigenvalue weighted by molar-refractivity contribution is -0.125. The van der Waals surface area contributed by atoms with Gasteiger partial charge in [0.2, 0.25) is 5.91 Å². The van der Waals surface area contributed by atoms with Crippen LogP contribution in [0.3, 0.4) is 0 Å². The normalized spacial score (nSPS) is 14.4. The number of pyridine rings is 1. The van der Waals surface area contributed by atoms with Crippen molar-refractivity contribution in [1.82, 2.24) is 24.4 Å². The number of carbonyl (C=O) groups excluding carboxylic acids is 1. The molecule has 0 saturated heterocycles. The Morgan fingerprint density at radius 2 is 2.03 bits per heavy atom. The fourth-order valence-electron chi connectivity index (χ4n) is 3.78. The quantitative estimate of drug-likeness (QED) is 0.530. The second-order valence-corrected chi connectivity index (χ2v) is 7.26. The first-order chi connectivity index (χ1) is 14.8. The zero-order chi connectivity index (χ0) is 20.3. The second-order valence-electron chi connectivity index (χ2n) is 7.26. The molecule has 0 atom stereocenters. The molecule has 1 aromatic carbocycles. The Morgan fingerprint density at radius 3 is 2.80 bits per heavy atom. The van der Waals surface area contributed by atoms with E-state index in [4.69, 9.17) is 0 Å². The van der Waals surface area contributed by atoms with Crippen LogP contribution in [0.5, 0.6) is 0 Å². The number of amides is 1. The number of imidazole rings is 1. The zero-order valence-corrected chi connectivity index (χ0v) is 16.4. The predicted octanol–water partition coefficient (Wildman–Crippen LogP) is 4.08. The molecule has 1 aliphatic rings. The molecule has 0 unspecified atom stereocenters. The summed E-state index contributed by atoms with van der Waals surface area (Å²) >= 11 is 0. The van der Waals surface area contributed by atoms with Crippen LogP contribution in [0, 0.1) is 0 Å². The van der Waals surface area contributed by atoms with Crippen LogP contribution in [-0.4, -0.2) is 43.4 Å². The lowest BCUT2D eigenvalue weighted by Crippen LogP contribution is -2.33. The fraction of sp³-hybridized carbons (Fsp3) is 0.125. The van der Waals surface area contributed by atoms with Gasteiger partial charge in [-0.1, -0.05) is 18.2 Å². The minimum Gasteiger partial charge on any atom is -0.346 e. The molecule has 3 aromatic heterocycles. The van der Waals surface area contributed by atoms with Crippen LogP contribution < -0.4 is 0 Å². The van der Waals surface area contributed by atoms with Crippen molar-refractivity contribution in [3.8, 4) is 5.69 Å². The molecule has 0 aliphatic carbocycles. The van der Waals surface area contributed by atoms with E-state index in [1.165, 1.54) is 11.1 Å². The molecule has 1 aliphatic heterocycles. The van der Waals surface area contributed by atoms with Gasteiger partial charge in [-0.2, -0.15) is 0 Å². The standard InChI is InChI=1S/C24H21N5O/c30-23(8-5-18-3-6-20(7-4-18)29-15-12-25-17-29)28-13-9-19(10-14-28)22-16-27-24-21(22)2-1-11-26-24/h1-9,11-12,15-17H,10,13-14H2,(H,26,27)/b8-5+. The molecular formula is C24H21N5O. The van der Waals surface area contributed by atoms with Crippen molar-refractivity contribution in [3.05, 3.63) is 90.8 Å². The molecule has 148 valence electrons.